The number of hydrogen-bond acceptors (Lipinski definition) is 6. The molecule has 0 aromatic rings. The summed E-state index contributed by atoms with van der Waals surface area (Å²) in [6, 6.07) is 0. The highest BCUT2D eigenvalue weighted by Crippen LogP contribution is 2.15. The molecule has 0 rings (SSSR count). The molecule has 13 nitrogen and oxygen atoms in total. The van der Waals surface area contributed by atoms with Gasteiger partial charge in [0.25, 0.3) is 0 Å². The first-order chi connectivity index (χ1) is 9.24. The van der Waals surface area contributed by atoms with Crippen LogP contribution >= 0.6 is 0 Å². The Bertz CT molecular complexity index is 361. The smallest absolute Gasteiger partial charge is 0.481 e. The maximum atomic E-state index is 10.3. The van der Waals surface area contributed by atoms with E-state index in [9.17, 15) is 14.4 Å². The van der Waals surface area contributed by atoms with Crippen molar-refractivity contribution in [2.75, 3.05) is 0 Å². The number of aliphatic carboxylic acids is 3. The van der Waals surface area contributed by atoms with E-state index in [1.165, 1.54) is 0 Å². The molecule has 13 heteroatoms. The van der Waals surface area contributed by atoms with Gasteiger partial charge in [-0.05, 0) is 0 Å². The molecule has 0 amide bonds. The summed E-state index contributed by atoms with van der Waals surface area (Å²) in [4.78, 5) is 47.6. The lowest BCUT2D eigenvalue weighted by Crippen LogP contribution is -2.42. The van der Waals surface area contributed by atoms with Crippen LogP contribution in [0.1, 0.15) is 12.8 Å². The second-order valence-corrected chi connectivity index (χ2v) is 3.04. The van der Waals surface area contributed by atoms with Crippen LogP contribution < -0.4 is 0 Å². The Morgan fingerprint density at radius 1 is 0.619 bits per heavy atom. The number of rotatable bonds is 5. The van der Waals surface area contributed by atoms with E-state index < -0.39 is 48.7 Å². The van der Waals surface area contributed by atoms with Gasteiger partial charge in [-0.25, -0.2) is 14.4 Å². The highest BCUT2D eigenvalue weighted by molar-refractivity contribution is 5.88. The minimum Gasteiger partial charge on any atom is -0.481 e. The molecule has 122 valence electrons. The molecule has 0 aliphatic rings. The van der Waals surface area contributed by atoms with Gasteiger partial charge in [0.2, 0.25) is 0 Å². The predicted molar refractivity (Wildman–Crippen MR) is 58.4 cm³/mol. The minimum absolute atomic E-state index is 1.14. The molecule has 0 spiro atoms. The summed E-state index contributed by atoms with van der Waals surface area (Å²) in [5, 5.41) is 61.7. The molecule has 0 aliphatic heterocycles. The van der Waals surface area contributed by atoms with Crippen molar-refractivity contribution in [3.8, 4) is 0 Å². The zero-order valence-electron chi connectivity index (χ0n) is 10.0. The Hall–Kier alpha value is -3.09. The molecule has 0 bridgehead atoms. The van der Waals surface area contributed by atoms with E-state index in [0.29, 0.717) is 0 Å². The zero-order valence-corrected chi connectivity index (χ0v) is 10.0. The fourth-order valence-electron chi connectivity index (χ4n) is 0.714. The first kappa shape index (κ1) is 23.0. The minimum atomic E-state index is -2.74. The summed E-state index contributed by atoms with van der Waals surface area (Å²) in [5.41, 5.74) is -2.74. The fraction of sp³-hybridized carbons (Fsp3) is 0.375. The summed E-state index contributed by atoms with van der Waals surface area (Å²) in [7, 11) is 0. The van der Waals surface area contributed by atoms with Crippen LogP contribution in [-0.4, -0.2) is 76.7 Å². The molecule has 0 aliphatic carbocycles. The summed E-state index contributed by atoms with van der Waals surface area (Å²) < 4.78 is 0. The van der Waals surface area contributed by atoms with Crippen LogP contribution in [0.4, 0.5) is 9.59 Å². The highest BCUT2D eigenvalue weighted by atomic mass is 16.6. The normalized spacial score (nSPS) is 9.00. The van der Waals surface area contributed by atoms with E-state index in [2.05, 4.69) is 0 Å². The van der Waals surface area contributed by atoms with E-state index in [-0.39, 0.29) is 0 Å². The van der Waals surface area contributed by atoms with Crippen molar-refractivity contribution in [3.63, 3.8) is 0 Å². The molecule has 0 saturated heterocycles. The number of carbonyl (C=O) groups is 5. The van der Waals surface area contributed by atoms with E-state index in [1.807, 2.05) is 0 Å². The summed E-state index contributed by atoms with van der Waals surface area (Å²) in [6.45, 7) is 0. The third kappa shape index (κ3) is 22.6. The lowest BCUT2D eigenvalue weighted by Gasteiger charge is -2.18. The van der Waals surface area contributed by atoms with E-state index in [0.717, 1.165) is 0 Å². The van der Waals surface area contributed by atoms with Crippen molar-refractivity contribution < 1.29 is 64.8 Å². The van der Waals surface area contributed by atoms with Gasteiger partial charge < -0.3 is 40.9 Å². The molecular formula is C8H12O13. The maximum Gasteiger partial charge on any atom is 0.503 e. The molecule has 0 fully saturated rings. The van der Waals surface area contributed by atoms with E-state index in [1.54, 1.807) is 0 Å². The fourth-order valence-corrected chi connectivity index (χ4v) is 0.714. The Labute approximate surface area is 114 Å². The van der Waals surface area contributed by atoms with Gasteiger partial charge in [-0.2, -0.15) is 0 Å². The number of carboxylic acids is 3. The summed E-state index contributed by atoms with van der Waals surface area (Å²) in [6.07, 6.45) is -5.96. The molecule has 21 heavy (non-hydrogen) atoms. The first-order valence-electron chi connectivity index (χ1n) is 4.47. The molecule has 0 heterocycles. The van der Waals surface area contributed by atoms with Gasteiger partial charge in [-0.3, -0.25) is 9.59 Å². The quantitative estimate of drug-likeness (QED) is 0.309. The second-order valence-electron chi connectivity index (χ2n) is 3.04. The summed E-state index contributed by atoms with van der Waals surface area (Å²) >= 11 is 0. The number of hydrogen-bond donors (Lipinski definition) is 8. The monoisotopic (exact) mass is 316 g/mol. The Kier molecular flexibility index (Phi) is 11.8. The van der Waals surface area contributed by atoms with Gasteiger partial charge in [-0.1, -0.05) is 0 Å². The predicted octanol–water partition coefficient (Wildman–Crippen LogP) is -0.804. The largest absolute Gasteiger partial charge is 0.503 e. The molecule has 0 atom stereocenters. The van der Waals surface area contributed by atoms with Crippen LogP contribution in [0.2, 0.25) is 0 Å². The Balaban J connectivity index is -0.000000334. The van der Waals surface area contributed by atoms with Crippen LogP contribution in [0.15, 0.2) is 0 Å². The van der Waals surface area contributed by atoms with Gasteiger partial charge in [0.05, 0.1) is 12.8 Å². The van der Waals surface area contributed by atoms with Crippen LogP contribution in [0.5, 0.6) is 0 Å². The molecule has 0 saturated carbocycles. The van der Waals surface area contributed by atoms with Crippen LogP contribution in [0, 0.1) is 0 Å². The van der Waals surface area contributed by atoms with Gasteiger partial charge in [0.1, 0.15) is 0 Å². The summed E-state index contributed by atoms with van der Waals surface area (Å²) in [5.74, 6) is -5.02. The molecule has 8 N–H and O–H groups in total. The molecule has 0 radical (unpaired) electrons. The standard InChI is InChI=1S/C6H8O7.2CH2O3/c7-3(8)1-6(13,5(11)12)2-4(9)10;2*2-1(3)4/h13H,1-2H2,(H,7,8)(H,9,10)(H,11,12);2*(H2,2,3,4). The second kappa shape index (κ2) is 10.8. The van der Waals surface area contributed by atoms with Gasteiger partial charge in [-0.15, -0.1) is 0 Å². The topological polar surface area (TPSA) is 247 Å². The maximum absolute atomic E-state index is 10.3. The van der Waals surface area contributed by atoms with Crippen molar-refractivity contribution in [1.82, 2.24) is 0 Å². The SMILES string of the molecule is O=C(O)CC(O)(CC(=O)O)C(=O)O.O=C(O)O.O=C(O)O. The molecular weight excluding hydrogens is 304 g/mol. The molecule has 0 aromatic carbocycles. The Morgan fingerprint density at radius 2 is 0.810 bits per heavy atom. The molecule has 0 unspecified atom stereocenters. The average Bonchev–Trinajstić information content (AvgIpc) is 2.11. The third-order valence-electron chi connectivity index (χ3n) is 1.29. The van der Waals surface area contributed by atoms with Crippen molar-refractivity contribution in [1.29, 1.82) is 0 Å². The van der Waals surface area contributed by atoms with Crippen LogP contribution in [-0.2, 0) is 14.4 Å². The van der Waals surface area contributed by atoms with Crippen molar-refractivity contribution in [2.45, 2.75) is 18.4 Å². The highest BCUT2D eigenvalue weighted by Gasteiger charge is 2.40. The lowest BCUT2D eigenvalue weighted by molar-refractivity contribution is -0.170. The number of aliphatic hydroxyl groups is 1. The van der Waals surface area contributed by atoms with Gasteiger partial charge in [0, 0.05) is 0 Å². The van der Waals surface area contributed by atoms with Crippen LogP contribution in [0.25, 0.3) is 0 Å². The third-order valence-corrected chi connectivity index (χ3v) is 1.29. The van der Waals surface area contributed by atoms with E-state index in [4.69, 9.17) is 50.4 Å². The first-order valence-corrected chi connectivity index (χ1v) is 4.47. The van der Waals surface area contributed by atoms with E-state index >= 15 is 0 Å². The number of carboxylic acid groups (broad SMARTS) is 7. The van der Waals surface area contributed by atoms with Crippen molar-refractivity contribution in [3.05, 3.63) is 0 Å². The van der Waals surface area contributed by atoms with Gasteiger partial charge in [0.15, 0.2) is 5.60 Å². The van der Waals surface area contributed by atoms with Gasteiger partial charge >= 0.3 is 30.2 Å². The Morgan fingerprint density at radius 3 is 0.905 bits per heavy atom. The van der Waals surface area contributed by atoms with Crippen LogP contribution in [0.3, 0.4) is 0 Å². The lowest BCUT2D eigenvalue weighted by atomic mass is 9.96. The molecule has 0 aromatic heterocycles. The van der Waals surface area contributed by atoms with Crippen molar-refractivity contribution >= 4 is 30.2 Å². The average molecular weight is 316 g/mol. The van der Waals surface area contributed by atoms with Crippen molar-refractivity contribution in [2.24, 2.45) is 0 Å². The zero-order chi connectivity index (χ0) is 17.8.